The van der Waals surface area contributed by atoms with Gasteiger partial charge in [-0.1, -0.05) is 12.2 Å². The van der Waals surface area contributed by atoms with Gasteiger partial charge in [0, 0.05) is 11.8 Å². The van der Waals surface area contributed by atoms with Crippen LogP contribution in [0.4, 0.5) is 0 Å². The normalized spacial score (nSPS) is 42.4. The van der Waals surface area contributed by atoms with Crippen molar-refractivity contribution in [3.8, 4) is 0 Å². The molecule has 0 radical (unpaired) electrons. The van der Waals surface area contributed by atoms with Crippen LogP contribution in [0, 0.1) is 11.8 Å². The van der Waals surface area contributed by atoms with E-state index in [1.807, 2.05) is 0 Å². The number of carbonyl (C=O) groups is 1. The second kappa shape index (κ2) is 5.29. The number of allylic oxidation sites excluding steroid dienone is 1. The lowest BCUT2D eigenvalue weighted by atomic mass is 9.76. The van der Waals surface area contributed by atoms with Crippen molar-refractivity contribution in [2.24, 2.45) is 11.8 Å². The van der Waals surface area contributed by atoms with Crippen molar-refractivity contribution in [2.75, 3.05) is 0 Å². The summed E-state index contributed by atoms with van der Waals surface area (Å²) < 4.78 is 0. The van der Waals surface area contributed by atoms with Gasteiger partial charge >= 0.3 is 0 Å². The fourth-order valence-electron chi connectivity index (χ4n) is 2.77. The zero-order valence-corrected chi connectivity index (χ0v) is 9.83. The van der Waals surface area contributed by atoms with E-state index in [1.54, 1.807) is 12.2 Å². The number of Topliss-reactive ketones (excluding diaryl/α,β-unsaturated/α-hetero) is 1. The van der Waals surface area contributed by atoms with E-state index in [1.165, 1.54) is 0 Å². The number of hydrogen-bond acceptors (Lipinski definition) is 4. The molecule has 4 nitrogen and oxygen atoms in total. The summed E-state index contributed by atoms with van der Waals surface area (Å²) >= 11 is 0. The van der Waals surface area contributed by atoms with Crippen LogP contribution in [-0.2, 0) is 4.79 Å². The molecule has 0 aromatic carbocycles. The Labute approximate surface area is 101 Å². The van der Waals surface area contributed by atoms with Crippen molar-refractivity contribution in [1.82, 2.24) is 0 Å². The maximum Gasteiger partial charge on any atom is 0.145 e. The van der Waals surface area contributed by atoms with Crippen molar-refractivity contribution in [1.29, 1.82) is 0 Å². The minimum absolute atomic E-state index is 0.0625. The topological polar surface area (TPSA) is 77.8 Å². The third-order valence-corrected chi connectivity index (χ3v) is 3.86. The average Bonchev–Trinajstić information content (AvgIpc) is 2.29. The maximum absolute atomic E-state index is 12.2. The Balaban J connectivity index is 1.98. The molecule has 0 heterocycles. The van der Waals surface area contributed by atoms with Gasteiger partial charge in [-0.3, -0.25) is 4.79 Å². The highest BCUT2D eigenvalue weighted by Gasteiger charge is 2.36. The first-order chi connectivity index (χ1) is 8.08. The first-order valence-corrected chi connectivity index (χ1v) is 6.34. The van der Waals surface area contributed by atoms with Gasteiger partial charge in [0.1, 0.15) is 5.78 Å². The molecule has 96 valence electrons. The van der Waals surface area contributed by atoms with Gasteiger partial charge in [-0.05, 0) is 32.1 Å². The highest BCUT2D eigenvalue weighted by molar-refractivity contribution is 5.85. The molecular weight excluding hydrogens is 220 g/mol. The third kappa shape index (κ3) is 2.94. The number of rotatable bonds is 2. The van der Waals surface area contributed by atoms with Crippen LogP contribution in [0.5, 0.6) is 0 Å². The van der Waals surface area contributed by atoms with Gasteiger partial charge < -0.3 is 15.3 Å². The molecule has 0 bridgehead atoms. The SMILES string of the molecule is O=C(C1C=CC(O)CC1)C1CCC(O)CC1O. The molecule has 2 aliphatic carbocycles. The van der Waals surface area contributed by atoms with Gasteiger partial charge in [-0.15, -0.1) is 0 Å². The van der Waals surface area contributed by atoms with E-state index in [0.29, 0.717) is 32.1 Å². The molecule has 4 heteroatoms. The number of ketones is 1. The Morgan fingerprint density at radius 1 is 1.00 bits per heavy atom. The molecule has 17 heavy (non-hydrogen) atoms. The van der Waals surface area contributed by atoms with E-state index in [0.717, 1.165) is 0 Å². The van der Waals surface area contributed by atoms with E-state index < -0.39 is 18.3 Å². The maximum atomic E-state index is 12.2. The van der Waals surface area contributed by atoms with Gasteiger partial charge in [0.2, 0.25) is 0 Å². The highest BCUT2D eigenvalue weighted by atomic mass is 16.3. The standard InChI is InChI=1S/C13H20O4/c14-9-3-1-8(2-4-9)13(17)11-6-5-10(15)7-12(11)16/h1,3,8-12,14-16H,2,4-7H2. The number of aliphatic hydroxyl groups excluding tert-OH is 3. The first-order valence-electron chi connectivity index (χ1n) is 6.34. The Morgan fingerprint density at radius 3 is 2.35 bits per heavy atom. The minimum Gasteiger partial charge on any atom is -0.393 e. The molecule has 0 spiro atoms. The van der Waals surface area contributed by atoms with Crippen LogP contribution >= 0.6 is 0 Å². The monoisotopic (exact) mass is 240 g/mol. The molecule has 1 saturated carbocycles. The van der Waals surface area contributed by atoms with Crippen molar-refractivity contribution >= 4 is 5.78 Å². The van der Waals surface area contributed by atoms with Crippen molar-refractivity contribution < 1.29 is 20.1 Å². The van der Waals surface area contributed by atoms with Gasteiger partial charge in [0.25, 0.3) is 0 Å². The van der Waals surface area contributed by atoms with Gasteiger partial charge in [-0.25, -0.2) is 0 Å². The molecule has 0 saturated heterocycles. The molecule has 0 amide bonds. The first kappa shape index (κ1) is 12.7. The molecule has 3 N–H and O–H groups in total. The molecule has 1 fully saturated rings. The van der Waals surface area contributed by atoms with Crippen LogP contribution in [0.25, 0.3) is 0 Å². The summed E-state index contributed by atoms with van der Waals surface area (Å²) in [5.41, 5.74) is 0. The quantitative estimate of drug-likeness (QED) is 0.611. The summed E-state index contributed by atoms with van der Waals surface area (Å²) in [7, 11) is 0. The Morgan fingerprint density at radius 2 is 1.76 bits per heavy atom. The molecule has 0 aromatic heterocycles. The van der Waals surface area contributed by atoms with Crippen molar-refractivity contribution in [3.05, 3.63) is 12.2 Å². The zero-order valence-electron chi connectivity index (χ0n) is 9.83. The fraction of sp³-hybridized carbons (Fsp3) is 0.769. The lowest BCUT2D eigenvalue weighted by molar-refractivity contribution is -0.132. The van der Waals surface area contributed by atoms with E-state index in [2.05, 4.69) is 0 Å². The largest absolute Gasteiger partial charge is 0.393 e. The number of carbonyl (C=O) groups excluding carboxylic acids is 1. The fourth-order valence-corrected chi connectivity index (χ4v) is 2.77. The predicted octanol–water partition coefficient (Wildman–Crippen LogP) is 0.404. The van der Waals surface area contributed by atoms with Crippen LogP contribution in [0.15, 0.2) is 12.2 Å². The van der Waals surface area contributed by atoms with Crippen molar-refractivity contribution in [2.45, 2.75) is 50.4 Å². The van der Waals surface area contributed by atoms with E-state index >= 15 is 0 Å². The molecular formula is C13H20O4. The summed E-state index contributed by atoms with van der Waals surface area (Å²) in [4.78, 5) is 12.2. The molecule has 5 unspecified atom stereocenters. The average molecular weight is 240 g/mol. The van der Waals surface area contributed by atoms with Crippen molar-refractivity contribution in [3.63, 3.8) is 0 Å². The third-order valence-electron chi connectivity index (χ3n) is 3.86. The van der Waals surface area contributed by atoms with Crippen LogP contribution < -0.4 is 0 Å². The second-order valence-corrected chi connectivity index (χ2v) is 5.18. The van der Waals surface area contributed by atoms with E-state index in [-0.39, 0.29) is 17.6 Å². The highest BCUT2D eigenvalue weighted by Crippen LogP contribution is 2.30. The summed E-state index contributed by atoms with van der Waals surface area (Å²) in [5.74, 6) is -0.455. The van der Waals surface area contributed by atoms with E-state index in [9.17, 15) is 20.1 Å². The number of aliphatic hydroxyl groups is 3. The summed E-state index contributed by atoms with van der Waals surface area (Å²) in [6.07, 6.45) is 4.52. The van der Waals surface area contributed by atoms with Gasteiger partial charge in [-0.2, -0.15) is 0 Å². The second-order valence-electron chi connectivity index (χ2n) is 5.18. The predicted molar refractivity (Wildman–Crippen MR) is 62.2 cm³/mol. The number of hydrogen-bond donors (Lipinski definition) is 3. The van der Waals surface area contributed by atoms with Crippen LogP contribution in [0.2, 0.25) is 0 Å². The van der Waals surface area contributed by atoms with Gasteiger partial charge in [0.05, 0.1) is 18.3 Å². The summed E-state index contributed by atoms with van der Waals surface area (Å²) in [6, 6.07) is 0. The lowest BCUT2D eigenvalue weighted by Gasteiger charge is -2.32. The summed E-state index contributed by atoms with van der Waals surface area (Å²) in [5, 5.41) is 28.6. The Hall–Kier alpha value is -0.710. The Kier molecular flexibility index (Phi) is 3.97. The molecule has 0 aliphatic heterocycles. The zero-order chi connectivity index (χ0) is 12.4. The summed E-state index contributed by atoms with van der Waals surface area (Å²) in [6.45, 7) is 0. The minimum atomic E-state index is -0.716. The smallest absolute Gasteiger partial charge is 0.145 e. The molecule has 5 atom stereocenters. The van der Waals surface area contributed by atoms with Gasteiger partial charge in [0.15, 0.2) is 0 Å². The Bertz CT molecular complexity index is 313. The lowest BCUT2D eigenvalue weighted by Crippen LogP contribution is -2.39. The van der Waals surface area contributed by atoms with E-state index in [4.69, 9.17) is 0 Å². The van der Waals surface area contributed by atoms with Crippen LogP contribution in [0.3, 0.4) is 0 Å². The molecule has 0 aromatic rings. The molecule has 2 aliphatic rings. The molecule has 2 rings (SSSR count). The van der Waals surface area contributed by atoms with Crippen LogP contribution in [-0.4, -0.2) is 39.4 Å². The van der Waals surface area contributed by atoms with Crippen LogP contribution in [0.1, 0.15) is 32.1 Å².